The largest absolute Gasteiger partial charge is 0.496 e. The van der Waals surface area contributed by atoms with Gasteiger partial charge in [0, 0.05) is 18.7 Å². The van der Waals surface area contributed by atoms with E-state index in [0.717, 1.165) is 5.56 Å². The summed E-state index contributed by atoms with van der Waals surface area (Å²) < 4.78 is 22.4. The molecule has 1 saturated heterocycles. The maximum atomic E-state index is 13.6. The summed E-state index contributed by atoms with van der Waals surface area (Å²) in [5, 5.41) is 6.50. The molecule has 1 saturated carbocycles. The van der Waals surface area contributed by atoms with E-state index in [4.69, 9.17) is 24.0 Å². The molecular formula is C30H37N3O6. The third-order valence-electron chi connectivity index (χ3n) is 7.89. The van der Waals surface area contributed by atoms with Crippen molar-refractivity contribution in [3.8, 4) is 23.0 Å². The molecule has 2 aromatic rings. The van der Waals surface area contributed by atoms with Crippen LogP contribution in [0.2, 0.25) is 0 Å². The minimum atomic E-state index is -0.792. The molecule has 0 N–H and O–H groups in total. The van der Waals surface area contributed by atoms with E-state index < -0.39 is 5.41 Å². The summed E-state index contributed by atoms with van der Waals surface area (Å²) in [6.07, 6.45) is 3.64. The second kappa shape index (κ2) is 10.8. The van der Waals surface area contributed by atoms with Gasteiger partial charge >= 0.3 is 0 Å². The predicted molar refractivity (Wildman–Crippen MR) is 147 cm³/mol. The number of hydrazone groups is 1. The Balaban J connectivity index is 1.32. The van der Waals surface area contributed by atoms with E-state index in [1.807, 2.05) is 32.0 Å². The fraction of sp³-hybridized carbons (Fsp3) is 0.500. The van der Waals surface area contributed by atoms with E-state index in [-0.39, 0.29) is 17.9 Å². The Morgan fingerprint density at radius 2 is 1.56 bits per heavy atom. The second-order valence-corrected chi connectivity index (χ2v) is 10.9. The normalized spacial score (nSPS) is 19.1. The van der Waals surface area contributed by atoms with Crippen LogP contribution in [0.3, 0.4) is 0 Å². The first kappa shape index (κ1) is 26.8. The molecule has 0 radical (unpaired) electrons. The van der Waals surface area contributed by atoms with Crippen molar-refractivity contribution in [1.29, 1.82) is 0 Å². The number of hydrogen-bond acceptors (Lipinski definition) is 7. The Bertz CT molecular complexity index is 1260. The number of piperidine rings is 1. The number of methoxy groups -OCH3 is 3. The number of hydrogen-bond donors (Lipinski definition) is 0. The average Bonchev–Trinajstić information content (AvgIpc) is 3.76. The second-order valence-electron chi connectivity index (χ2n) is 10.9. The summed E-state index contributed by atoms with van der Waals surface area (Å²) in [4.78, 5) is 28.8. The molecule has 0 unspecified atom stereocenters. The SMILES string of the molecule is COc1ccc(C2=NN(C3CCN(C(=O)c4c(OC)cccc4OC)CC3)C(=O)C2(C)C)cc1OCC1CC1. The van der Waals surface area contributed by atoms with Gasteiger partial charge in [0.1, 0.15) is 17.1 Å². The summed E-state index contributed by atoms with van der Waals surface area (Å²) >= 11 is 0. The molecule has 0 spiro atoms. The van der Waals surface area contributed by atoms with E-state index in [9.17, 15) is 9.59 Å². The minimum Gasteiger partial charge on any atom is -0.496 e. The fourth-order valence-electron chi connectivity index (χ4n) is 5.29. The molecule has 2 fully saturated rings. The highest BCUT2D eigenvalue weighted by Gasteiger charge is 2.47. The van der Waals surface area contributed by atoms with Gasteiger partial charge in [-0.2, -0.15) is 5.10 Å². The Hall–Kier alpha value is -3.75. The van der Waals surface area contributed by atoms with Crippen molar-refractivity contribution in [2.24, 2.45) is 16.4 Å². The van der Waals surface area contributed by atoms with Gasteiger partial charge in [-0.3, -0.25) is 9.59 Å². The lowest BCUT2D eigenvalue weighted by atomic mass is 9.83. The van der Waals surface area contributed by atoms with Gasteiger partial charge in [0.15, 0.2) is 11.5 Å². The van der Waals surface area contributed by atoms with Crippen LogP contribution in [0, 0.1) is 11.3 Å². The molecule has 5 rings (SSSR count). The molecule has 208 valence electrons. The van der Waals surface area contributed by atoms with Crippen LogP contribution in [0.25, 0.3) is 0 Å². The Labute approximate surface area is 229 Å². The third-order valence-corrected chi connectivity index (χ3v) is 7.89. The monoisotopic (exact) mass is 535 g/mol. The van der Waals surface area contributed by atoms with E-state index in [1.54, 1.807) is 49.4 Å². The Kier molecular flexibility index (Phi) is 7.42. The van der Waals surface area contributed by atoms with E-state index in [1.165, 1.54) is 12.8 Å². The van der Waals surface area contributed by atoms with Gasteiger partial charge in [0.2, 0.25) is 0 Å². The lowest BCUT2D eigenvalue weighted by Crippen LogP contribution is -2.47. The Morgan fingerprint density at radius 3 is 2.15 bits per heavy atom. The standard InChI is InChI=1S/C30H37N3O6/c1-30(2)27(20-11-12-22(36-3)25(17-20)39-18-19-9-10-19)31-33(29(30)35)21-13-15-32(16-14-21)28(34)26-23(37-4)7-6-8-24(26)38-5/h6-8,11-12,17,19,21H,9-10,13-16,18H2,1-5H3. The maximum Gasteiger partial charge on any atom is 0.261 e. The number of likely N-dealkylation sites (tertiary alicyclic amines) is 1. The molecule has 1 aliphatic carbocycles. The number of ether oxygens (including phenoxy) is 4. The van der Waals surface area contributed by atoms with Crippen LogP contribution < -0.4 is 18.9 Å². The van der Waals surface area contributed by atoms with Gasteiger partial charge in [0.25, 0.3) is 11.8 Å². The van der Waals surface area contributed by atoms with E-state index >= 15 is 0 Å². The van der Waals surface area contributed by atoms with Gasteiger partial charge in [-0.15, -0.1) is 0 Å². The van der Waals surface area contributed by atoms with Crippen molar-refractivity contribution in [2.75, 3.05) is 41.0 Å². The smallest absolute Gasteiger partial charge is 0.261 e. The highest BCUT2D eigenvalue weighted by molar-refractivity contribution is 6.19. The number of carbonyl (C=O) groups excluding carboxylic acids is 2. The molecule has 0 aromatic heterocycles. The van der Waals surface area contributed by atoms with Crippen molar-refractivity contribution in [2.45, 2.75) is 45.6 Å². The van der Waals surface area contributed by atoms with Gasteiger partial charge in [-0.05, 0) is 75.8 Å². The number of benzene rings is 2. The highest BCUT2D eigenvalue weighted by atomic mass is 16.5. The van der Waals surface area contributed by atoms with Gasteiger partial charge < -0.3 is 23.8 Å². The molecule has 0 bridgehead atoms. The lowest BCUT2D eigenvalue weighted by molar-refractivity contribution is -0.137. The van der Waals surface area contributed by atoms with Gasteiger partial charge in [0.05, 0.1) is 45.1 Å². The van der Waals surface area contributed by atoms with Crippen molar-refractivity contribution in [3.05, 3.63) is 47.5 Å². The fourth-order valence-corrected chi connectivity index (χ4v) is 5.29. The summed E-state index contributed by atoms with van der Waals surface area (Å²) in [6, 6.07) is 10.9. The van der Waals surface area contributed by atoms with Crippen molar-refractivity contribution in [1.82, 2.24) is 9.91 Å². The molecule has 39 heavy (non-hydrogen) atoms. The molecule has 9 nitrogen and oxygen atoms in total. The third kappa shape index (κ3) is 5.14. The number of carbonyl (C=O) groups is 2. The zero-order valence-corrected chi connectivity index (χ0v) is 23.4. The van der Waals surface area contributed by atoms with Crippen molar-refractivity contribution >= 4 is 17.5 Å². The summed E-state index contributed by atoms with van der Waals surface area (Å²) in [6.45, 7) is 5.49. The number of amides is 2. The first-order valence-corrected chi connectivity index (χ1v) is 13.5. The van der Waals surface area contributed by atoms with Gasteiger partial charge in [-0.25, -0.2) is 5.01 Å². The zero-order chi connectivity index (χ0) is 27.7. The minimum absolute atomic E-state index is 0.0371. The van der Waals surface area contributed by atoms with Crippen LogP contribution in [-0.2, 0) is 4.79 Å². The molecule has 2 aliphatic heterocycles. The maximum absolute atomic E-state index is 13.6. The van der Waals surface area contributed by atoms with E-state index in [2.05, 4.69) is 0 Å². The molecule has 2 amide bonds. The van der Waals surface area contributed by atoms with Crippen LogP contribution in [0.4, 0.5) is 0 Å². The molecule has 9 heteroatoms. The van der Waals surface area contributed by atoms with Crippen molar-refractivity contribution < 1.29 is 28.5 Å². The highest BCUT2D eigenvalue weighted by Crippen LogP contribution is 2.39. The van der Waals surface area contributed by atoms with Crippen LogP contribution >= 0.6 is 0 Å². The number of rotatable bonds is 9. The molecule has 2 heterocycles. The summed E-state index contributed by atoms with van der Waals surface area (Å²) in [7, 11) is 4.71. The first-order valence-electron chi connectivity index (χ1n) is 13.5. The Morgan fingerprint density at radius 1 is 0.923 bits per heavy atom. The predicted octanol–water partition coefficient (Wildman–Crippen LogP) is 4.38. The zero-order valence-electron chi connectivity index (χ0n) is 23.4. The molecule has 2 aromatic carbocycles. The van der Waals surface area contributed by atoms with Crippen LogP contribution in [-0.4, -0.2) is 74.5 Å². The van der Waals surface area contributed by atoms with Crippen LogP contribution in [0.1, 0.15) is 55.5 Å². The summed E-state index contributed by atoms with van der Waals surface area (Å²) in [5.74, 6) is 2.73. The van der Waals surface area contributed by atoms with Crippen LogP contribution in [0.15, 0.2) is 41.5 Å². The van der Waals surface area contributed by atoms with Crippen molar-refractivity contribution in [3.63, 3.8) is 0 Å². The first-order chi connectivity index (χ1) is 18.8. The molecule has 3 aliphatic rings. The topological polar surface area (TPSA) is 89.9 Å². The average molecular weight is 536 g/mol. The van der Waals surface area contributed by atoms with Crippen LogP contribution in [0.5, 0.6) is 23.0 Å². The lowest BCUT2D eigenvalue weighted by Gasteiger charge is -2.36. The van der Waals surface area contributed by atoms with Gasteiger partial charge in [-0.1, -0.05) is 6.07 Å². The quantitative estimate of drug-likeness (QED) is 0.474. The summed E-state index contributed by atoms with van der Waals surface area (Å²) in [5.41, 5.74) is 1.18. The number of nitrogens with zero attached hydrogens (tertiary/aromatic N) is 3. The molecule has 0 atom stereocenters. The molecular weight excluding hydrogens is 498 g/mol. The van der Waals surface area contributed by atoms with E-state index in [0.29, 0.717) is 72.7 Å².